The van der Waals surface area contributed by atoms with Crippen LogP contribution in [0.2, 0.25) is 0 Å². The van der Waals surface area contributed by atoms with Gasteiger partial charge < -0.3 is 30.3 Å². The number of hydrazine groups is 1. The minimum atomic E-state index is -0.883. The Labute approximate surface area is 260 Å². The van der Waals surface area contributed by atoms with Gasteiger partial charge in [-0.3, -0.25) is 9.59 Å². The molecule has 10 heteroatoms. The van der Waals surface area contributed by atoms with E-state index in [0.29, 0.717) is 31.7 Å². The van der Waals surface area contributed by atoms with Crippen LogP contribution in [0.1, 0.15) is 60.6 Å². The van der Waals surface area contributed by atoms with E-state index in [-0.39, 0.29) is 29.8 Å². The van der Waals surface area contributed by atoms with Gasteiger partial charge in [0, 0.05) is 43.7 Å². The fourth-order valence-electron chi connectivity index (χ4n) is 6.90. The Balaban J connectivity index is 1.29. The van der Waals surface area contributed by atoms with E-state index < -0.39 is 11.2 Å². The third-order valence-corrected chi connectivity index (χ3v) is 9.16. The van der Waals surface area contributed by atoms with Gasteiger partial charge in [0.15, 0.2) is 0 Å². The van der Waals surface area contributed by atoms with Crippen molar-refractivity contribution in [3.05, 3.63) is 95.2 Å². The molecule has 0 bridgehead atoms. The lowest BCUT2D eigenvalue weighted by molar-refractivity contribution is -0.125. The molecule has 1 fully saturated rings. The number of likely N-dealkylation sites (tertiary alicyclic amines) is 1. The first-order valence-electron chi connectivity index (χ1n) is 15.2. The maximum atomic E-state index is 13.9. The number of carbonyl (C=O) groups excluding carboxylic acids is 3. The number of carbonyl (C=O) groups is 3. The number of urea groups is 1. The Morgan fingerprint density at radius 2 is 1.77 bits per heavy atom. The van der Waals surface area contributed by atoms with E-state index in [4.69, 9.17) is 0 Å². The molecule has 3 aliphatic heterocycles. The van der Waals surface area contributed by atoms with Gasteiger partial charge in [-0.1, -0.05) is 49.0 Å². The van der Waals surface area contributed by atoms with Gasteiger partial charge in [-0.15, -0.1) is 0 Å². The first-order valence-corrected chi connectivity index (χ1v) is 15.2. The highest BCUT2D eigenvalue weighted by atomic mass is 16.2. The standard InChI is InChI=1S/C34H45N7O3/c1-8-29(42)40-19-18-26(20-40)23-14-16-25(17-15-23)31(43)36-34(4)27-21-41(33(2,3)30(27)39(7)37-34)32(44)35-28(22-38(5)6)24-12-10-9-11-13-24/h8-17,26,28,37H,1,18-22H2,2-7H3,(H,35,44)(H,36,43)/t26?,28-,34?/m1/s1. The van der Waals surface area contributed by atoms with E-state index in [0.717, 1.165) is 28.8 Å². The predicted molar refractivity (Wildman–Crippen MR) is 171 cm³/mol. The molecule has 3 atom stereocenters. The van der Waals surface area contributed by atoms with Crippen LogP contribution in [-0.2, 0) is 4.79 Å². The minimum Gasteiger partial charge on any atom is -0.339 e. The highest BCUT2D eigenvalue weighted by molar-refractivity contribution is 5.95. The molecule has 0 aromatic heterocycles. The van der Waals surface area contributed by atoms with Crippen LogP contribution in [0.5, 0.6) is 0 Å². The summed E-state index contributed by atoms with van der Waals surface area (Å²) in [6, 6.07) is 17.3. The smallest absolute Gasteiger partial charge is 0.318 e. The zero-order chi connectivity index (χ0) is 31.8. The van der Waals surface area contributed by atoms with E-state index in [1.54, 1.807) is 0 Å². The lowest BCUT2D eigenvalue weighted by Crippen LogP contribution is -2.61. The fraction of sp³-hybridized carbons (Fsp3) is 0.441. The molecular weight excluding hydrogens is 554 g/mol. The lowest BCUT2D eigenvalue weighted by Gasteiger charge is -2.40. The Bertz CT molecular complexity index is 1450. The van der Waals surface area contributed by atoms with Crippen LogP contribution in [0.3, 0.4) is 0 Å². The van der Waals surface area contributed by atoms with Crippen molar-refractivity contribution >= 4 is 17.8 Å². The summed E-state index contributed by atoms with van der Waals surface area (Å²) in [7, 11) is 5.91. The Kier molecular flexibility index (Phi) is 8.59. The van der Waals surface area contributed by atoms with E-state index in [9.17, 15) is 14.4 Å². The van der Waals surface area contributed by atoms with Crippen molar-refractivity contribution in [2.75, 3.05) is 47.3 Å². The molecule has 4 amide bonds. The molecule has 2 unspecified atom stereocenters. The van der Waals surface area contributed by atoms with Crippen LogP contribution in [0.4, 0.5) is 4.79 Å². The molecular formula is C34H45N7O3. The van der Waals surface area contributed by atoms with Gasteiger partial charge >= 0.3 is 6.03 Å². The Morgan fingerprint density at radius 3 is 2.41 bits per heavy atom. The minimum absolute atomic E-state index is 0.0461. The molecule has 0 spiro atoms. The molecule has 0 aliphatic carbocycles. The summed E-state index contributed by atoms with van der Waals surface area (Å²) in [6.07, 6.45) is 2.24. The normalized spacial score (nSPS) is 23.2. The average molecular weight is 600 g/mol. The van der Waals surface area contributed by atoms with Gasteiger partial charge in [-0.05, 0) is 70.6 Å². The van der Waals surface area contributed by atoms with Gasteiger partial charge in [-0.25, -0.2) is 10.2 Å². The molecule has 3 heterocycles. The van der Waals surface area contributed by atoms with Crippen molar-refractivity contribution in [3.8, 4) is 0 Å². The molecule has 2 aromatic carbocycles. The zero-order valence-corrected chi connectivity index (χ0v) is 26.7. The molecule has 3 N–H and O–H groups in total. The summed E-state index contributed by atoms with van der Waals surface area (Å²) in [5, 5.41) is 8.40. The van der Waals surface area contributed by atoms with Crippen molar-refractivity contribution in [3.63, 3.8) is 0 Å². The zero-order valence-electron chi connectivity index (χ0n) is 26.7. The molecule has 1 saturated heterocycles. The monoisotopic (exact) mass is 599 g/mol. The quantitative estimate of drug-likeness (QED) is 0.402. The highest BCUT2D eigenvalue weighted by Gasteiger charge is 2.54. The second-order valence-electron chi connectivity index (χ2n) is 13.0. The number of hydrogen-bond acceptors (Lipinski definition) is 6. The fourth-order valence-corrected chi connectivity index (χ4v) is 6.90. The van der Waals surface area contributed by atoms with Crippen molar-refractivity contribution in [2.45, 2.75) is 50.4 Å². The number of nitrogens with zero attached hydrogens (tertiary/aromatic N) is 4. The summed E-state index contributed by atoms with van der Waals surface area (Å²) in [6.45, 7) is 12.0. The molecule has 0 saturated carbocycles. The van der Waals surface area contributed by atoms with E-state index in [1.165, 1.54) is 6.08 Å². The molecule has 5 rings (SSSR count). The van der Waals surface area contributed by atoms with Crippen LogP contribution >= 0.6 is 0 Å². The first kappa shape index (κ1) is 31.3. The number of nitrogens with one attached hydrogen (secondary N) is 3. The SMILES string of the molecule is C=CC(=O)N1CCC(c2ccc(C(=O)NC3(C)NN(C)C4=C3CN(C(=O)N[C@H](CN(C)C)c3ccccc3)C4(C)C)cc2)C1. The first-order chi connectivity index (χ1) is 20.8. The summed E-state index contributed by atoms with van der Waals surface area (Å²) < 4.78 is 0. The number of benzene rings is 2. The van der Waals surface area contributed by atoms with Gasteiger partial charge in [0.1, 0.15) is 5.66 Å². The molecule has 2 aromatic rings. The number of rotatable bonds is 8. The maximum Gasteiger partial charge on any atom is 0.318 e. The van der Waals surface area contributed by atoms with Gasteiger partial charge in [0.2, 0.25) is 5.91 Å². The van der Waals surface area contributed by atoms with Crippen LogP contribution in [-0.4, -0.2) is 96.1 Å². The van der Waals surface area contributed by atoms with Crippen molar-refractivity contribution in [2.24, 2.45) is 0 Å². The molecule has 3 aliphatic rings. The lowest BCUT2D eigenvalue weighted by atomic mass is 9.95. The summed E-state index contributed by atoms with van der Waals surface area (Å²) in [5.74, 6) is -0.0157. The average Bonchev–Trinajstić information content (AvgIpc) is 3.66. The Hall–Kier alpha value is -4.15. The second-order valence-corrected chi connectivity index (χ2v) is 13.0. The van der Waals surface area contributed by atoms with E-state index >= 15 is 0 Å². The van der Waals surface area contributed by atoms with Gasteiger partial charge in [0.25, 0.3) is 5.91 Å². The third kappa shape index (κ3) is 5.96. The van der Waals surface area contributed by atoms with Crippen LogP contribution in [0.25, 0.3) is 0 Å². The maximum absolute atomic E-state index is 13.9. The Morgan fingerprint density at radius 1 is 1.09 bits per heavy atom. The van der Waals surface area contributed by atoms with Crippen LogP contribution in [0, 0.1) is 0 Å². The van der Waals surface area contributed by atoms with Crippen LogP contribution < -0.4 is 16.1 Å². The van der Waals surface area contributed by atoms with E-state index in [2.05, 4.69) is 27.5 Å². The molecule has 44 heavy (non-hydrogen) atoms. The number of amides is 4. The van der Waals surface area contributed by atoms with Crippen molar-refractivity contribution < 1.29 is 14.4 Å². The third-order valence-electron chi connectivity index (χ3n) is 9.16. The molecule has 10 nitrogen and oxygen atoms in total. The number of likely N-dealkylation sites (N-methyl/N-ethyl adjacent to an activating group) is 2. The number of hydrogen-bond donors (Lipinski definition) is 3. The largest absolute Gasteiger partial charge is 0.339 e. The second kappa shape index (κ2) is 12.1. The van der Waals surface area contributed by atoms with Crippen molar-refractivity contribution in [1.82, 2.24) is 35.8 Å². The van der Waals surface area contributed by atoms with Crippen molar-refractivity contribution in [1.29, 1.82) is 0 Å². The predicted octanol–water partition coefficient (Wildman–Crippen LogP) is 3.45. The van der Waals surface area contributed by atoms with Gasteiger partial charge in [-0.2, -0.15) is 0 Å². The summed E-state index contributed by atoms with van der Waals surface area (Å²) >= 11 is 0. The summed E-state index contributed by atoms with van der Waals surface area (Å²) in [5.41, 5.74) is 6.55. The van der Waals surface area contributed by atoms with Gasteiger partial charge in [0.05, 0.1) is 23.8 Å². The molecule has 0 radical (unpaired) electrons. The highest BCUT2D eigenvalue weighted by Crippen LogP contribution is 2.43. The van der Waals surface area contributed by atoms with E-state index in [1.807, 2.05) is 111 Å². The topological polar surface area (TPSA) is 100 Å². The molecule has 234 valence electrons. The van der Waals surface area contributed by atoms with Crippen LogP contribution in [0.15, 0.2) is 78.5 Å². The summed E-state index contributed by atoms with van der Waals surface area (Å²) in [4.78, 5) is 45.1.